The third-order valence-corrected chi connectivity index (χ3v) is 4.96. The smallest absolute Gasteiger partial charge is 0.266 e. The van der Waals surface area contributed by atoms with Crippen LogP contribution < -0.4 is 10.1 Å². The molecule has 1 N–H and O–H groups in total. The second-order valence-electron chi connectivity index (χ2n) is 6.20. The molecule has 0 bridgehead atoms. The van der Waals surface area contributed by atoms with Crippen LogP contribution in [0.15, 0.2) is 72.3 Å². The molecular weight excluding hydrogens is 443 g/mol. The highest BCUT2D eigenvalue weighted by Crippen LogP contribution is 2.30. The minimum atomic E-state index is -0.601. The van der Waals surface area contributed by atoms with Crippen molar-refractivity contribution < 1.29 is 9.53 Å². The SMILES string of the molecule is N#C/C(=C\c1ccc(OCc2ccc(Cl)cc2)cc1)C(=O)Nc1c(Cl)cccc1Cl. The first-order valence-electron chi connectivity index (χ1n) is 8.81. The summed E-state index contributed by atoms with van der Waals surface area (Å²) in [4.78, 5) is 12.4. The molecule has 0 atom stereocenters. The fourth-order valence-electron chi connectivity index (χ4n) is 2.52. The number of hydrogen-bond donors (Lipinski definition) is 1. The average molecular weight is 458 g/mol. The van der Waals surface area contributed by atoms with Gasteiger partial charge in [-0.05, 0) is 53.6 Å². The molecule has 30 heavy (non-hydrogen) atoms. The van der Waals surface area contributed by atoms with Gasteiger partial charge in [-0.1, -0.05) is 65.1 Å². The Balaban J connectivity index is 1.67. The maximum absolute atomic E-state index is 12.4. The van der Waals surface area contributed by atoms with Crippen LogP contribution in [0, 0.1) is 11.3 Å². The molecule has 0 heterocycles. The number of nitriles is 1. The first kappa shape index (κ1) is 21.7. The molecule has 3 aromatic carbocycles. The lowest BCUT2D eigenvalue weighted by molar-refractivity contribution is -0.112. The lowest BCUT2D eigenvalue weighted by Gasteiger charge is -2.09. The van der Waals surface area contributed by atoms with E-state index < -0.39 is 5.91 Å². The van der Waals surface area contributed by atoms with E-state index in [1.165, 1.54) is 6.08 Å². The van der Waals surface area contributed by atoms with Gasteiger partial charge in [0.05, 0.1) is 15.7 Å². The summed E-state index contributed by atoms with van der Waals surface area (Å²) in [6.45, 7) is 0.400. The Hall–Kier alpha value is -2.97. The molecule has 3 rings (SSSR count). The van der Waals surface area contributed by atoms with Crippen LogP contribution in [0.2, 0.25) is 15.1 Å². The molecule has 0 fully saturated rings. The summed E-state index contributed by atoms with van der Waals surface area (Å²) >= 11 is 18.0. The number of carbonyl (C=O) groups excluding carboxylic acids is 1. The van der Waals surface area contributed by atoms with Gasteiger partial charge in [-0.3, -0.25) is 4.79 Å². The van der Waals surface area contributed by atoms with Gasteiger partial charge in [0.15, 0.2) is 0 Å². The van der Waals surface area contributed by atoms with E-state index >= 15 is 0 Å². The van der Waals surface area contributed by atoms with E-state index in [1.54, 1.807) is 54.6 Å². The highest BCUT2D eigenvalue weighted by atomic mass is 35.5. The van der Waals surface area contributed by atoms with Gasteiger partial charge < -0.3 is 10.1 Å². The minimum absolute atomic E-state index is 0.0826. The predicted octanol–water partition coefficient (Wildman–Crippen LogP) is 6.77. The molecule has 7 heteroatoms. The first-order chi connectivity index (χ1) is 14.5. The maximum Gasteiger partial charge on any atom is 0.266 e. The molecular formula is C23H15Cl3N2O2. The van der Waals surface area contributed by atoms with Crippen molar-refractivity contribution in [1.29, 1.82) is 5.26 Å². The Morgan fingerprint density at radius 3 is 2.20 bits per heavy atom. The summed E-state index contributed by atoms with van der Waals surface area (Å²) in [7, 11) is 0. The summed E-state index contributed by atoms with van der Waals surface area (Å²) in [5.74, 6) is 0.0588. The van der Waals surface area contributed by atoms with Gasteiger partial charge >= 0.3 is 0 Å². The van der Waals surface area contributed by atoms with Crippen molar-refractivity contribution in [2.24, 2.45) is 0 Å². The van der Waals surface area contributed by atoms with Gasteiger partial charge in [0.2, 0.25) is 0 Å². The summed E-state index contributed by atoms with van der Waals surface area (Å²) in [5, 5.41) is 13.2. The second kappa shape index (κ2) is 10.2. The molecule has 0 aromatic heterocycles. The third-order valence-electron chi connectivity index (χ3n) is 4.08. The first-order valence-corrected chi connectivity index (χ1v) is 9.94. The second-order valence-corrected chi connectivity index (χ2v) is 7.46. The molecule has 0 aliphatic heterocycles. The molecule has 0 unspecified atom stereocenters. The van der Waals surface area contributed by atoms with Gasteiger partial charge in [0, 0.05) is 5.02 Å². The largest absolute Gasteiger partial charge is 0.489 e. The van der Waals surface area contributed by atoms with Crippen LogP contribution in [0.25, 0.3) is 6.08 Å². The normalized spacial score (nSPS) is 10.9. The van der Waals surface area contributed by atoms with Crippen molar-refractivity contribution >= 4 is 52.5 Å². The van der Waals surface area contributed by atoms with E-state index in [1.807, 2.05) is 18.2 Å². The zero-order valence-electron chi connectivity index (χ0n) is 15.5. The number of rotatable bonds is 6. The Morgan fingerprint density at radius 2 is 1.60 bits per heavy atom. The van der Waals surface area contributed by atoms with E-state index in [2.05, 4.69) is 5.32 Å². The number of ether oxygens (including phenoxy) is 1. The van der Waals surface area contributed by atoms with Gasteiger partial charge in [-0.25, -0.2) is 0 Å². The quantitative estimate of drug-likeness (QED) is 0.328. The number of benzene rings is 3. The standard InChI is InChI=1S/C23H15Cl3N2O2/c24-18-8-4-16(5-9-18)14-30-19-10-6-15(7-11-19)12-17(13-27)23(29)28-22-20(25)2-1-3-21(22)26/h1-12H,14H2,(H,28,29)/b17-12+. The monoisotopic (exact) mass is 456 g/mol. The molecule has 0 radical (unpaired) electrons. The highest BCUT2D eigenvalue weighted by Gasteiger charge is 2.13. The van der Waals surface area contributed by atoms with Gasteiger partial charge in [-0.2, -0.15) is 5.26 Å². The molecule has 3 aromatic rings. The Bertz CT molecular complexity index is 1100. The number of anilines is 1. The Labute approximate surface area is 189 Å². The number of carbonyl (C=O) groups is 1. The van der Waals surface area contributed by atoms with Gasteiger partial charge in [0.25, 0.3) is 5.91 Å². The van der Waals surface area contributed by atoms with E-state index in [0.29, 0.717) is 22.9 Å². The van der Waals surface area contributed by atoms with Crippen LogP contribution >= 0.6 is 34.8 Å². The third kappa shape index (κ3) is 5.77. The number of para-hydroxylation sites is 1. The molecule has 0 saturated carbocycles. The number of nitrogens with zero attached hydrogens (tertiary/aromatic N) is 1. The van der Waals surface area contributed by atoms with E-state index in [-0.39, 0.29) is 21.3 Å². The van der Waals surface area contributed by atoms with Crippen molar-refractivity contribution in [1.82, 2.24) is 0 Å². The summed E-state index contributed by atoms with van der Waals surface area (Å²) in [6, 6.07) is 21.2. The highest BCUT2D eigenvalue weighted by molar-refractivity contribution is 6.40. The van der Waals surface area contributed by atoms with E-state index in [9.17, 15) is 10.1 Å². The minimum Gasteiger partial charge on any atom is -0.489 e. The topological polar surface area (TPSA) is 62.1 Å². The lowest BCUT2D eigenvalue weighted by Crippen LogP contribution is -2.14. The van der Waals surface area contributed by atoms with Crippen molar-refractivity contribution in [3.63, 3.8) is 0 Å². The van der Waals surface area contributed by atoms with Gasteiger partial charge in [-0.15, -0.1) is 0 Å². The molecule has 150 valence electrons. The van der Waals surface area contributed by atoms with Crippen molar-refractivity contribution in [3.05, 3.63) is 98.5 Å². The molecule has 0 aliphatic carbocycles. The van der Waals surface area contributed by atoms with E-state index in [0.717, 1.165) is 5.56 Å². The van der Waals surface area contributed by atoms with Gasteiger partial charge in [0.1, 0.15) is 24.0 Å². The number of amides is 1. The molecule has 1 amide bonds. The zero-order valence-corrected chi connectivity index (χ0v) is 17.8. The van der Waals surface area contributed by atoms with Crippen molar-refractivity contribution in [2.45, 2.75) is 6.61 Å². The number of hydrogen-bond acceptors (Lipinski definition) is 3. The number of halogens is 3. The van der Waals surface area contributed by atoms with Crippen LogP contribution in [0.3, 0.4) is 0 Å². The van der Waals surface area contributed by atoms with Crippen LogP contribution in [0.5, 0.6) is 5.75 Å². The zero-order chi connectivity index (χ0) is 21.5. The van der Waals surface area contributed by atoms with Crippen LogP contribution in [0.1, 0.15) is 11.1 Å². The fourth-order valence-corrected chi connectivity index (χ4v) is 3.14. The average Bonchev–Trinajstić information content (AvgIpc) is 2.75. The maximum atomic E-state index is 12.4. The lowest BCUT2D eigenvalue weighted by atomic mass is 10.1. The van der Waals surface area contributed by atoms with Crippen LogP contribution in [-0.4, -0.2) is 5.91 Å². The van der Waals surface area contributed by atoms with Crippen molar-refractivity contribution in [2.75, 3.05) is 5.32 Å². The van der Waals surface area contributed by atoms with Crippen LogP contribution in [-0.2, 0) is 11.4 Å². The molecule has 0 saturated heterocycles. The Kier molecular flexibility index (Phi) is 7.37. The van der Waals surface area contributed by atoms with Crippen LogP contribution in [0.4, 0.5) is 5.69 Å². The summed E-state index contributed by atoms with van der Waals surface area (Å²) in [6.07, 6.45) is 1.48. The molecule has 4 nitrogen and oxygen atoms in total. The fraction of sp³-hybridized carbons (Fsp3) is 0.0435. The number of nitrogens with one attached hydrogen (secondary N) is 1. The Morgan fingerprint density at radius 1 is 0.967 bits per heavy atom. The molecule has 0 spiro atoms. The van der Waals surface area contributed by atoms with E-state index in [4.69, 9.17) is 39.5 Å². The predicted molar refractivity (Wildman–Crippen MR) is 121 cm³/mol. The summed E-state index contributed by atoms with van der Waals surface area (Å²) in [5.41, 5.74) is 1.84. The molecule has 0 aliphatic rings. The van der Waals surface area contributed by atoms with Crippen molar-refractivity contribution in [3.8, 4) is 11.8 Å². The summed E-state index contributed by atoms with van der Waals surface area (Å²) < 4.78 is 5.73.